The number of nitrogens with zero attached hydrogens (tertiary/aromatic N) is 3. The fraction of sp³-hybridized carbons (Fsp3) is 0.154. The van der Waals surface area contributed by atoms with Crippen LogP contribution < -0.4 is 15.2 Å². The number of fused-ring (bicyclic) bond motifs is 2. The van der Waals surface area contributed by atoms with Gasteiger partial charge < -0.3 is 19.8 Å². The maximum absolute atomic E-state index is 13.8. The number of nitrogens with two attached hydrogens (primary N) is 1. The molecule has 0 amide bonds. The molecule has 5 aromatic rings. The molecule has 0 aliphatic carbocycles. The van der Waals surface area contributed by atoms with Crippen molar-refractivity contribution in [2.24, 2.45) is 0 Å². The third kappa shape index (κ3) is 3.83. The summed E-state index contributed by atoms with van der Waals surface area (Å²) >= 11 is 0. The Bertz CT molecular complexity index is 1680. The third-order valence-electron chi connectivity index (χ3n) is 5.93. The highest BCUT2D eigenvalue weighted by molar-refractivity contribution is 7.92. The maximum Gasteiger partial charge on any atom is 0.212 e. The molecular weight excluding hydrogens is 464 g/mol. The molecule has 8 nitrogen and oxygen atoms in total. The summed E-state index contributed by atoms with van der Waals surface area (Å²) in [7, 11) is -0.842. The molecule has 0 unspecified atom stereocenters. The van der Waals surface area contributed by atoms with Crippen molar-refractivity contribution in [1.29, 1.82) is 0 Å². The Kier molecular flexibility index (Phi) is 5.56. The van der Waals surface area contributed by atoms with Crippen molar-refractivity contribution in [1.82, 2.24) is 14.5 Å². The van der Waals surface area contributed by atoms with E-state index < -0.39 is 9.84 Å². The summed E-state index contributed by atoms with van der Waals surface area (Å²) in [6, 6.07) is 19.5. The molecule has 0 radical (unpaired) electrons. The van der Waals surface area contributed by atoms with Crippen molar-refractivity contribution in [3.63, 3.8) is 0 Å². The van der Waals surface area contributed by atoms with Crippen LogP contribution in [0.3, 0.4) is 0 Å². The van der Waals surface area contributed by atoms with Crippen LogP contribution in [0.5, 0.6) is 11.5 Å². The smallest absolute Gasteiger partial charge is 0.212 e. The van der Waals surface area contributed by atoms with Crippen molar-refractivity contribution < 1.29 is 17.9 Å². The number of hydrogen-bond acceptors (Lipinski definition) is 7. The lowest BCUT2D eigenvalue weighted by molar-refractivity contribution is 0.354. The first kappa shape index (κ1) is 22.7. The van der Waals surface area contributed by atoms with Gasteiger partial charge in [-0.1, -0.05) is 35.9 Å². The van der Waals surface area contributed by atoms with Crippen molar-refractivity contribution in [2.75, 3.05) is 20.0 Å². The van der Waals surface area contributed by atoms with Gasteiger partial charge in [0.2, 0.25) is 9.84 Å². The summed E-state index contributed by atoms with van der Waals surface area (Å²) in [5.74, 6) is 1.23. The summed E-state index contributed by atoms with van der Waals surface area (Å²) in [6.45, 7) is 2.16. The zero-order valence-electron chi connectivity index (χ0n) is 19.5. The highest BCUT2D eigenvalue weighted by Gasteiger charge is 2.30. The third-order valence-corrected chi connectivity index (χ3v) is 7.77. The fourth-order valence-electron chi connectivity index (χ4n) is 4.11. The second kappa shape index (κ2) is 8.59. The Balaban J connectivity index is 1.76. The zero-order valence-corrected chi connectivity index (χ0v) is 20.3. The van der Waals surface area contributed by atoms with Crippen molar-refractivity contribution in [3.05, 3.63) is 77.9 Å². The zero-order chi connectivity index (χ0) is 24.7. The molecule has 0 aliphatic rings. The molecule has 178 valence electrons. The first-order valence-corrected chi connectivity index (χ1v) is 12.4. The van der Waals surface area contributed by atoms with Crippen LogP contribution in [-0.2, 0) is 16.4 Å². The second-order valence-corrected chi connectivity index (χ2v) is 10.1. The van der Waals surface area contributed by atoms with Gasteiger partial charge in [-0.05, 0) is 48.9 Å². The highest BCUT2D eigenvalue weighted by Crippen LogP contribution is 2.36. The first-order chi connectivity index (χ1) is 16.8. The summed E-state index contributed by atoms with van der Waals surface area (Å²) in [5.41, 5.74) is 10.2. The number of aryl methyl sites for hydroxylation is 1. The average molecular weight is 489 g/mol. The van der Waals surface area contributed by atoms with E-state index in [-0.39, 0.29) is 27.7 Å². The number of rotatable bonds is 6. The van der Waals surface area contributed by atoms with Gasteiger partial charge in [-0.3, -0.25) is 0 Å². The van der Waals surface area contributed by atoms with Crippen LogP contribution in [0.25, 0.3) is 22.2 Å². The van der Waals surface area contributed by atoms with Crippen molar-refractivity contribution in [3.8, 4) is 11.5 Å². The molecule has 3 aromatic carbocycles. The topological polar surface area (TPSA) is 109 Å². The Morgan fingerprint density at radius 1 is 0.886 bits per heavy atom. The molecule has 5 rings (SSSR count). The van der Waals surface area contributed by atoms with E-state index >= 15 is 0 Å². The normalized spacial score (nSPS) is 11.7. The van der Waals surface area contributed by atoms with Crippen LogP contribution in [0.1, 0.15) is 11.1 Å². The minimum atomic E-state index is -3.97. The van der Waals surface area contributed by atoms with Crippen LogP contribution >= 0.6 is 0 Å². The molecular formula is C26H24N4O4S. The summed E-state index contributed by atoms with van der Waals surface area (Å²) in [6.07, 6.45) is 0. The summed E-state index contributed by atoms with van der Waals surface area (Å²) in [5, 5.41) is 0. The number of hydrogen-bond donors (Lipinski definition) is 1. The molecule has 2 aromatic heterocycles. The van der Waals surface area contributed by atoms with E-state index in [9.17, 15) is 8.42 Å². The molecule has 9 heteroatoms. The number of aromatic nitrogens is 3. The van der Waals surface area contributed by atoms with Crippen LogP contribution in [0.15, 0.2) is 76.5 Å². The minimum absolute atomic E-state index is 0.0462. The van der Waals surface area contributed by atoms with Crippen LogP contribution in [0, 0.1) is 6.92 Å². The molecule has 2 N–H and O–H groups in total. The molecule has 0 atom stereocenters. The van der Waals surface area contributed by atoms with Gasteiger partial charge in [0.25, 0.3) is 0 Å². The monoisotopic (exact) mass is 488 g/mol. The number of sulfone groups is 1. The van der Waals surface area contributed by atoms with Gasteiger partial charge in [-0.2, -0.15) is 0 Å². The number of nitrogen functional groups attached to an aromatic ring is 1. The number of benzene rings is 3. The van der Waals surface area contributed by atoms with Gasteiger partial charge in [0.05, 0.1) is 36.7 Å². The highest BCUT2D eigenvalue weighted by atomic mass is 32.2. The van der Waals surface area contributed by atoms with Gasteiger partial charge in [-0.15, -0.1) is 0 Å². The van der Waals surface area contributed by atoms with E-state index in [1.54, 1.807) is 55.2 Å². The number of para-hydroxylation sites is 2. The average Bonchev–Trinajstić information content (AvgIpc) is 3.13. The fourth-order valence-corrected chi connectivity index (χ4v) is 5.62. The lowest BCUT2D eigenvalue weighted by atomic mass is 10.2. The van der Waals surface area contributed by atoms with Gasteiger partial charge in [0, 0.05) is 0 Å². The van der Waals surface area contributed by atoms with E-state index in [2.05, 4.69) is 4.98 Å². The molecule has 0 bridgehead atoms. The van der Waals surface area contributed by atoms with E-state index in [0.29, 0.717) is 28.2 Å². The Hall–Kier alpha value is -4.11. The molecule has 0 fully saturated rings. The standard InChI is InChI=1S/C26H24N4O4S/c1-16-8-11-18(12-9-16)35(31,32)24-23-26(29-20-7-5-4-6-19(20)28-23)30(25(24)27)15-17-10-13-21(33-2)22(14-17)34-3/h4-14H,15,27H2,1-3H3. The molecule has 0 saturated heterocycles. The van der Waals surface area contributed by atoms with Gasteiger partial charge in [0.1, 0.15) is 16.2 Å². The largest absolute Gasteiger partial charge is 0.493 e. The van der Waals surface area contributed by atoms with Gasteiger partial charge >= 0.3 is 0 Å². The summed E-state index contributed by atoms with van der Waals surface area (Å²) in [4.78, 5) is 9.54. The lowest BCUT2D eigenvalue weighted by Crippen LogP contribution is -2.09. The lowest BCUT2D eigenvalue weighted by Gasteiger charge is -2.12. The molecule has 0 saturated carbocycles. The molecule has 35 heavy (non-hydrogen) atoms. The van der Waals surface area contributed by atoms with Crippen LogP contribution in [-0.4, -0.2) is 37.2 Å². The Morgan fingerprint density at radius 3 is 2.20 bits per heavy atom. The van der Waals surface area contributed by atoms with Crippen molar-refractivity contribution >= 4 is 37.9 Å². The Labute approximate surface area is 202 Å². The number of anilines is 1. The predicted molar refractivity (Wildman–Crippen MR) is 135 cm³/mol. The van der Waals surface area contributed by atoms with E-state index in [1.165, 1.54) is 0 Å². The van der Waals surface area contributed by atoms with E-state index in [4.69, 9.17) is 20.2 Å². The molecule has 2 heterocycles. The minimum Gasteiger partial charge on any atom is -0.493 e. The predicted octanol–water partition coefficient (Wildman–Crippen LogP) is 4.37. The molecule has 0 aliphatic heterocycles. The van der Waals surface area contributed by atoms with Crippen LogP contribution in [0.4, 0.5) is 5.82 Å². The number of methoxy groups -OCH3 is 2. The first-order valence-electron chi connectivity index (χ1n) is 10.9. The molecule has 0 spiro atoms. The van der Waals surface area contributed by atoms with Crippen molar-refractivity contribution in [2.45, 2.75) is 23.3 Å². The van der Waals surface area contributed by atoms with Gasteiger partial charge in [-0.25, -0.2) is 18.4 Å². The quantitative estimate of drug-likeness (QED) is 0.378. The number of ether oxygens (including phenoxy) is 2. The second-order valence-electron chi connectivity index (χ2n) is 8.19. The SMILES string of the molecule is COc1ccc(Cn2c(N)c(S(=O)(=O)c3ccc(C)cc3)c3nc4ccccc4nc32)cc1OC. The van der Waals surface area contributed by atoms with E-state index in [1.807, 2.05) is 37.3 Å². The van der Waals surface area contributed by atoms with Gasteiger partial charge in [0.15, 0.2) is 17.1 Å². The van der Waals surface area contributed by atoms with Crippen LogP contribution in [0.2, 0.25) is 0 Å². The van der Waals surface area contributed by atoms with E-state index in [0.717, 1.165) is 11.1 Å². The Morgan fingerprint density at radius 2 is 1.54 bits per heavy atom. The maximum atomic E-state index is 13.8. The summed E-state index contributed by atoms with van der Waals surface area (Å²) < 4.78 is 40.0.